The lowest BCUT2D eigenvalue weighted by atomic mass is 10.1. The van der Waals surface area contributed by atoms with E-state index in [1.807, 2.05) is 32.9 Å². The van der Waals surface area contributed by atoms with Gasteiger partial charge in [0, 0.05) is 5.69 Å². The highest BCUT2D eigenvalue weighted by atomic mass is 32.2. The maximum Gasteiger partial charge on any atom is 0.261 e. The highest BCUT2D eigenvalue weighted by Crippen LogP contribution is 2.21. The van der Waals surface area contributed by atoms with Crippen LogP contribution in [-0.4, -0.2) is 15.0 Å². The predicted octanol–water partition coefficient (Wildman–Crippen LogP) is 3.50. The summed E-state index contributed by atoms with van der Waals surface area (Å²) in [7, 11) is -3.58. The smallest absolute Gasteiger partial charge is 0.261 e. The van der Waals surface area contributed by atoms with Crippen molar-refractivity contribution in [3.8, 4) is 5.75 Å². The van der Waals surface area contributed by atoms with Gasteiger partial charge in [-0.1, -0.05) is 6.07 Å². The van der Waals surface area contributed by atoms with Crippen LogP contribution in [0.2, 0.25) is 0 Å². The Kier molecular flexibility index (Phi) is 4.53. The summed E-state index contributed by atoms with van der Waals surface area (Å²) in [5.74, 6) is 0.655. The topological polar surface area (TPSA) is 55.4 Å². The molecule has 0 aliphatic rings. The van der Waals surface area contributed by atoms with Gasteiger partial charge < -0.3 is 4.74 Å². The monoisotopic (exact) mass is 305 g/mol. The normalized spacial score (nSPS) is 11.2. The lowest BCUT2D eigenvalue weighted by molar-refractivity contribution is 0.340. The summed E-state index contributed by atoms with van der Waals surface area (Å²) in [6.45, 7) is 6.36. The summed E-state index contributed by atoms with van der Waals surface area (Å²) < 4.78 is 32.5. The second-order valence-corrected chi connectivity index (χ2v) is 6.49. The molecule has 0 aromatic heterocycles. The van der Waals surface area contributed by atoms with Gasteiger partial charge in [-0.3, -0.25) is 4.72 Å². The molecule has 0 unspecified atom stereocenters. The number of ether oxygens (including phenoxy) is 1. The average molecular weight is 305 g/mol. The minimum Gasteiger partial charge on any atom is -0.494 e. The summed E-state index contributed by atoms with van der Waals surface area (Å²) in [6.07, 6.45) is 0. The standard InChI is InChI=1S/C16H19NO3S/c1-4-20-15-7-9-16(10-8-15)21(18,19)17-14-6-5-12(2)13(3)11-14/h5-11,17H,4H2,1-3H3. The molecule has 112 valence electrons. The van der Waals surface area contributed by atoms with Gasteiger partial charge in [0.15, 0.2) is 0 Å². The molecule has 0 saturated heterocycles. The fraction of sp³-hybridized carbons (Fsp3) is 0.250. The number of hydrogen-bond donors (Lipinski definition) is 1. The fourth-order valence-electron chi connectivity index (χ4n) is 1.90. The molecule has 0 aliphatic carbocycles. The maximum atomic E-state index is 12.3. The molecule has 2 rings (SSSR count). The largest absolute Gasteiger partial charge is 0.494 e. The second-order valence-electron chi connectivity index (χ2n) is 4.81. The minimum absolute atomic E-state index is 0.212. The van der Waals surface area contributed by atoms with Crippen LogP contribution in [0.25, 0.3) is 0 Å². The molecule has 1 N–H and O–H groups in total. The zero-order valence-corrected chi connectivity index (χ0v) is 13.2. The van der Waals surface area contributed by atoms with Crippen LogP contribution in [0.4, 0.5) is 5.69 Å². The Balaban J connectivity index is 2.23. The van der Waals surface area contributed by atoms with Gasteiger partial charge >= 0.3 is 0 Å². The Hall–Kier alpha value is -2.01. The Labute approximate surface area is 125 Å². The van der Waals surface area contributed by atoms with Crippen molar-refractivity contribution in [3.05, 3.63) is 53.6 Å². The molecule has 0 heterocycles. The van der Waals surface area contributed by atoms with Crippen LogP contribution >= 0.6 is 0 Å². The molecule has 21 heavy (non-hydrogen) atoms. The van der Waals surface area contributed by atoms with Crippen LogP contribution in [0.5, 0.6) is 5.75 Å². The van der Waals surface area contributed by atoms with Gasteiger partial charge in [-0.15, -0.1) is 0 Å². The summed E-state index contributed by atoms with van der Waals surface area (Å²) in [5, 5.41) is 0. The van der Waals surface area contributed by atoms with Crippen LogP contribution < -0.4 is 9.46 Å². The second kappa shape index (κ2) is 6.18. The number of hydrogen-bond acceptors (Lipinski definition) is 3. The van der Waals surface area contributed by atoms with Crippen molar-refractivity contribution in [3.63, 3.8) is 0 Å². The Morgan fingerprint density at radius 1 is 1.00 bits per heavy atom. The summed E-state index contributed by atoms with van der Waals surface area (Å²) in [4.78, 5) is 0.212. The summed E-state index contributed by atoms with van der Waals surface area (Å²) >= 11 is 0. The van der Waals surface area contributed by atoms with Gasteiger partial charge in [0.05, 0.1) is 11.5 Å². The summed E-state index contributed by atoms with van der Waals surface area (Å²) in [6, 6.07) is 11.8. The van der Waals surface area contributed by atoms with Crippen molar-refractivity contribution < 1.29 is 13.2 Å². The maximum absolute atomic E-state index is 12.3. The number of anilines is 1. The van der Waals surface area contributed by atoms with Crippen LogP contribution in [0.15, 0.2) is 47.4 Å². The van der Waals surface area contributed by atoms with E-state index in [9.17, 15) is 8.42 Å². The number of sulfonamides is 1. The zero-order valence-electron chi connectivity index (χ0n) is 12.4. The lowest BCUT2D eigenvalue weighted by Gasteiger charge is -2.10. The molecule has 0 fully saturated rings. The quantitative estimate of drug-likeness (QED) is 0.919. The molecule has 2 aromatic rings. The van der Waals surface area contributed by atoms with Crippen molar-refractivity contribution in [1.29, 1.82) is 0 Å². The molecule has 0 radical (unpaired) electrons. The van der Waals surface area contributed by atoms with Gasteiger partial charge in [-0.2, -0.15) is 0 Å². The fourth-order valence-corrected chi connectivity index (χ4v) is 2.95. The Morgan fingerprint density at radius 3 is 2.24 bits per heavy atom. The molecule has 0 bridgehead atoms. The van der Waals surface area contributed by atoms with Gasteiger partial charge in [0.2, 0.25) is 0 Å². The van der Waals surface area contributed by atoms with Gasteiger partial charge in [-0.05, 0) is 68.3 Å². The van der Waals surface area contributed by atoms with Crippen LogP contribution in [0.3, 0.4) is 0 Å². The number of rotatable bonds is 5. The molecular formula is C16H19NO3S. The molecular weight excluding hydrogens is 286 g/mol. The first-order chi connectivity index (χ1) is 9.92. The van der Waals surface area contributed by atoms with Gasteiger partial charge in [-0.25, -0.2) is 8.42 Å². The van der Waals surface area contributed by atoms with E-state index in [0.717, 1.165) is 11.1 Å². The Bertz CT molecular complexity index is 722. The Morgan fingerprint density at radius 2 is 1.67 bits per heavy atom. The lowest BCUT2D eigenvalue weighted by Crippen LogP contribution is -2.13. The van der Waals surface area contributed by atoms with E-state index in [0.29, 0.717) is 18.0 Å². The minimum atomic E-state index is -3.58. The third-order valence-electron chi connectivity index (χ3n) is 3.20. The predicted molar refractivity (Wildman–Crippen MR) is 84.3 cm³/mol. The molecule has 0 atom stereocenters. The molecule has 4 nitrogen and oxygen atoms in total. The highest BCUT2D eigenvalue weighted by molar-refractivity contribution is 7.92. The molecule has 2 aromatic carbocycles. The van der Waals surface area contributed by atoms with Crippen molar-refractivity contribution >= 4 is 15.7 Å². The van der Waals surface area contributed by atoms with E-state index in [1.54, 1.807) is 18.2 Å². The van der Waals surface area contributed by atoms with E-state index in [1.165, 1.54) is 12.1 Å². The van der Waals surface area contributed by atoms with Crippen LogP contribution in [-0.2, 0) is 10.0 Å². The van der Waals surface area contributed by atoms with E-state index in [4.69, 9.17) is 4.74 Å². The van der Waals surface area contributed by atoms with Crippen molar-refractivity contribution in [2.24, 2.45) is 0 Å². The van der Waals surface area contributed by atoms with Gasteiger partial charge in [0.1, 0.15) is 5.75 Å². The first-order valence-corrected chi connectivity index (χ1v) is 8.23. The van der Waals surface area contributed by atoms with Crippen LogP contribution in [0.1, 0.15) is 18.1 Å². The average Bonchev–Trinajstić information content (AvgIpc) is 2.44. The molecule has 5 heteroatoms. The number of benzene rings is 2. The number of aryl methyl sites for hydroxylation is 2. The van der Waals surface area contributed by atoms with Crippen molar-refractivity contribution in [2.75, 3.05) is 11.3 Å². The molecule has 0 spiro atoms. The van der Waals surface area contributed by atoms with Gasteiger partial charge in [0.25, 0.3) is 10.0 Å². The van der Waals surface area contributed by atoms with E-state index in [-0.39, 0.29) is 4.90 Å². The van der Waals surface area contributed by atoms with E-state index < -0.39 is 10.0 Å². The first-order valence-electron chi connectivity index (χ1n) is 6.75. The highest BCUT2D eigenvalue weighted by Gasteiger charge is 2.14. The van der Waals surface area contributed by atoms with Crippen LogP contribution in [0, 0.1) is 13.8 Å². The van der Waals surface area contributed by atoms with Crippen molar-refractivity contribution in [1.82, 2.24) is 0 Å². The van der Waals surface area contributed by atoms with E-state index >= 15 is 0 Å². The third kappa shape index (κ3) is 3.76. The van der Waals surface area contributed by atoms with Crippen molar-refractivity contribution in [2.45, 2.75) is 25.7 Å². The molecule has 0 amide bonds. The van der Waals surface area contributed by atoms with E-state index in [2.05, 4.69) is 4.72 Å². The SMILES string of the molecule is CCOc1ccc(S(=O)(=O)Nc2ccc(C)c(C)c2)cc1. The first kappa shape index (κ1) is 15.4. The summed E-state index contributed by atoms with van der Waals surface area (Å²) in [5.41, 5.74) is 2.73. The third-order valence-corrected chi connectivity index (χ3v) is 4.60. The number of nitrogens with one attached hydrogen (secondary N) is 1. The zero-order chi connectivity index (χ0) is 15.5. The molecule has 0 saturated carbocycles. The molecule has 0 aliphatic heterocycles.